The number of aryl methyl sites for hydroxylation is 1. The molecule has 0 radical (unpaired) electrons. The van der Waals surface area contributed by atoms with Crippen LogP contribution in [-0.4, -0.2) is 9.38 Å². The van der Waals surface area contributed by atoms with Crippen molar-refractivity contribution in [2.24, 2.45) is 0 Å². The Bertz CT molecular complexity index is 845. The molecule has 2 atom stereocenters. The van der Waals surface area contributed by atoms with E-state index in [0.717, 1.165) is 4.96 Å². The maximum absolute atomic E-state index is 4.40. The van der Waals surface area contributed by atoms with Gasteiger partial charge in [0.1, 0.15) is 0 Å². The second kappa shape index (κ2) is 12.3. The number of unbranched alkanes of at least 4 members (excludes halogenated alkanes) is 6. The lowest BCUT2D eigenvalue weighted by atomic mass is 9.91. The molecule has 0 fully saturated rings. The minimum atomic E-state index is 0.587. The first kappa shape index (κ1) is 23.1. The number of hydrogen-bond donors (Lipinski definition) is 0. The maximum Gasteiger partial charge on any atom is 0.193 e. The van der Waals surface area contributed by atoms with E-state index in [1.165, 1.54) is 87.4 Å². The van der Waals surface area contributed by atoms with Crippen LogP contribution in [0.2, 0.25) is 0 Å². The molecule has 2 unspecified atom stereocenters. The molecule has 0 N–H and O–H groups in total. The largest absolute Gasteiger partial charge is 0.294 e. The maximum atomic E-state index is 4.40. The second-order valence-electron chi connectivity index (χ2n) is 9.09. The predicted molar refractivity (Wildman–Crippen MR) is 132 cm³/mol. The molecule has 3 rings (SSSR count). The molecule has 0 aliphatic carbocycles. The number of thiazole rings is 1. The van der Waals surface area contributed by atoms with Crippen LogP contribution in [0.3, 0.4) is 0 Å². The molecule has 2 nitrogen and oxygen atoms in total. The average molecular weight is 425 g/mol. The molecule has 30 heavy (non-hydrogen) atoms. The molecule has 164 valence electrons. The van der Waals surface area contributed by atoms with Crippen molar-refractivity contribution in [2.75, 3.05) is 0 Å². The van der Waals surface area contributed by atoms with Crippen LogP contribution >= 0.6 is 11.3 Å². The van der Waals surface area contributed by atoms with Crippen molar-refractivity contribution < 1.29 is 0 Å². The summed E-state index contributed by atoms with van der Waals surface area (Å²) in [5.41, 5.74) is 4.42. The van der Waals surface area contributed by atoms with Crippen molar-refractivity contribution in [2.45, 2.75) is 103 Å². The lowest BCUT2D eigenvalue weighted by Gasteiger charge is -2.15. The van der Waals surface area contributed by atoms with Crippen molar-refractivity contribution in [1.82, 2.24) is 9.38 Å². The topological polar surface area (TPSA) is 17.3 Å². The van der Waals surface area contributed by atoms with E-state index in [0.29, 0.717) is 11.8 Å². The summed E-state index contributed by atoms with van der Waals surface area (Å²) in [7, 11) is 0. The number of aromatic nitrogens is 2. The highest BCUT2D eigenvalue weighted by molar-refractivity contribution is 7.15. The molecule has 0 aliphatic heterocycles. The fourth-order valence-electron chi connectivity index (χ4n) is 4.44. The third kappa shape index (κ3) is 6.70. The van der Waals surface area contributed by atoms with E-state index in [-0.39, 0.29) is 0 Å². The Balaban J connectivity index is 1.35. The Hall–Kier alpha value is -1.61. The molecule has 0 saturated carbocycles. The molecule has 2 heterocycles. The second-order valence-corrected chi connectivity index (χ2v) is 9.92. The van der Waals surface area contributed by atoms with Gasteiger partial charge in [0.2, 0.25) is 0 Å². The fourth-order valence-corrected chi connectivity index (χ4v) is 5.41. The molecule has 1 aromatic carbocycles. The highest BCUT2D eigenvalue weighted by Gasteiger charge is 2.13. The van der Waals surface area contributed by atoms with Crippen molar-refractivity contribution in [1.29, 1.82) is 0 Å². The van der Waals surface area contributed by atoms with E-state index in [2.05, 4.69) is 66.0 Å². The van der Waals surface area contributed by atoms with Crippen LogP contribution in [0.5, 0.6) is 0 Å². The Kier molecular flexibility index (Phi) is 9.45. The molecular formula is C27H40N2S. The summed E-state index contributed by atoms with van der Waals surface area (Å²) in [5.74, 6) is 1.23. The summed E-state index contributed by atoms with van der Waals surface area (Å²) in [6.45, 7) is 7.02. The van der Waals surface area contributed by atoms with E-state index in [1.54, 1.807) is 11.3 Å². The van der Waals surface area contributed by atoms with E-state index >= 15 is 0 Å². The summed E-state index contributed by atoms with van der Waals surface area (Å²) < 4.78 is 2.25. The van der Waals surface area contributed by atoms with Crippen LogP contribution in [0, 0.1) is 0 Å². The number of rotatable bonds is 14. The average Bonchev–Trinajstić information content (AvgIpc) is 3.37. The Morgan fingerprint density at radius 2 is 1.57 bits per heavy atom. The lowest BCUT2D eigenvalue weighted by Crippen LogP contribution is -2.00. The smallest absolute Gasteiger partial charge is 0.193 e. The zero-order valence-corrected chi connectivity index (χ0v) is 20.1. The number of imidazole rings is 1. The summed E-state index contributed by atoms with van der Waals surface area (Å²) in [5, 5.41) is 2.28. The first-order chi connectivity index (χ1) is 14.7. The van der Waals surface area contributed by atoms with Gasteiger partial charge in [-0.05, 0) is 48.6 Å². The van der Waals surface area contributed by atoms with Gasteiger partial charge in [-0.25, -0.2) is 4.98 Å². The van der Waals surface area contributed by atoms with Crippen molar-refractivity contribution >= 4 is 16.3 Å². The van der Waals surface area contributed by atoms with Crippen molar-refractivity contribution in [3.05, 3.63) is 58.9 Å². The highest BCUT2D eigenvalue weighted by Crippen LogP contribution is 2.29. The standard InChI is InChI=1S/C27H40N2S/c1-4-5-6-7-8-9-10-14-24-15-17-25(18-16-24)22(2)12-11-13-23(3)26-21-30-27-28-19-20-29(26)27/h15-23H,4-14H2,1-3H3. The quantitative estimate of drug-likeness (QED) is 0.236. The van der Waals surface area contributed by atoms with E-state index < -0.39 is 0 Å². The summed E-state index contributed by atoms with van der Waals surface area (Å²) >= 11 is 1.75. The minimum Gasteiger partial charge on any atom is -0.294 e. The van der Waals surface area contributed by atoms with Gasteiger partial charge in [-0.3, -0.25) is 4.40 Å². The van der Waals surface area contributed by atoms with Crippen LogP contribution in [-0.2, 0) is 6.42 Å². The van der Waals surface area contributed by atoms with E-state index in [1.807, 2.05) is 6.20 Å². The van der Waals surface area contributed by atoms with Crippen molar-refractivity contribution in [3.63, 3.8) is 0 Å². The van der Waals surface area contributed by atoms with Gasteiger partial charge in [0.05, 0.1) is 0 Å². The Morgan fingerprint density at radius 1 is 0.867 bits per heavy atom. The lowest BCUT2D eigenvalue weighted by molar-refractivity contribution is 0.553. The van der Waals surface area contributed by atoms with Gasteiger partial charge in [0, 0.05) is 23.5 Å². The van der Waals surface area contributed by atoms with Crippen LogP contribution in [0.25, 0.3) is 4.96 Å². The Labute approximate surface area is 187 Å². The van der Waals surface area contributed by atoms with Crippen LogP contribution in [0.15, 0.2) is 42.0 Å². The number of fused-ring (bicyclic) bond motifs is 1. The molecule has 3 aromatic rings. The SMILES string of the molecule is CCCCCCCCCc1ccc(C(C)CCCC(C)c2csc3nccn23)cc1. The molecule has 0 bridgehead atoms. The molecule has 0 aliphatic rings. The normalized spacial score (nSPS) is 13.7. The molecule has 0 amide bonds. The summed E-state index contributed by atoms with van der Waals surface area (Å²) in [6, 6.07) is 9.48. The number of benzene rings is 1. The van der Waals surface area contributed by atoms with Gasteiger partial charge in [-0.1, -0.05) is 90.0 Å². The van der Waals surface area contributed by atoms with Gasteiger partial charge in [-0.2, -0.15) is 0 Å². The van der Waals surface area contributed by atoms with Crippen molar-refractivity contribution in [3.8, 4) is 0 Å². The zero-order valence-electron chi connectivity index (χ0n) is 19.3. The van der Waals surface area contributed by atoms with Crippen LogP contribution in [0.1, 0.15) is 114 Å². The molecule has 0 saturated heterocycles. The van der Waals surface area contributed by atoms with E-state index in [9.17, 15) is 0 Å². The van der Waals surface area contributed by atoms with Gasteiger partial charge in [0.25, 0.3) is 0 Å². The molecular weight excluding hydrogens is 384 g/mol. The number of nitrogens with zero attached hydrogens (tertiary/aromatic N) is 2. The first-order valence-electron chi connectivity index (χ1n) is 12.2. The monoisotopic (exact) mass is 424 g/mol. The number of hydrogen-bond acceptors (Lipinski definition) is 2. The summed E-state index contributed by atoms with van der Waals surface area (Å²) in [4.78, 5) is 5.51. The van der Waals surface area contributed by atoms with Gasteiger partial charge in [-0.15, -0.1) is 11.3 Å². The highest BCUT2D eigenvalue weighted by atomic mass is 32.1. The molecule has 0 spiro atoms. The van der Waals surface area contributed by atoms with Crippen LogP contribution in [0.4, 0.5) is 0 Å². The third-order valence-corrected chi connectivity index (χ3v) is 7.44. The predicted octanol–water partition coefficient (Wildman–Crippen LogP) is 8.77. The molecule has 2 aromatic heterocycles. The third-order valence-electron chi connectivity index (χ3n) is 6.57. The van der Waals surface area contributed by atoms with Crippen LogP contribution < -0.4 is 0 Å². The van der Waals surface area contributed by atoms with Gasteiger partial charge in [0.15, 0.2) is 4.96 Å². The Morgan fingerprint density at radius 3 is 2.33 bits per heavy atom. The zero-order chi connectivity index (χ0) is 21.2. The van der Waals surface area contributed by atoms with E-state index in [4.69, 9.17) is 0 Å². The van der Waals surface area contributed by atoms with Gasteiger partial charge < -0.3 is 0 Å². The first-order valence-corrected chi connectivity index (χ1v) is 13.1. The minimum absolute atomic E-state index is 0.587. The summed E-state index contributed by atoms with van der Waals surface area (Å²) in [6.07, 6.45) is 18.7. The molecule has 3 heteroatoms. The fraction of sp³-hybridized carbons (Fsp3) is 0.593. The van der Waals surface area contributed by atoms with Gasteiger partial charge >= 0.3 is 0 Å².